The van der Waals surface area contributed by atoms with E-state index in [1.165, 1.54) is 5.56 Å². The van der Waals surface area contributed by atoms with Gasteiger partial charge in [0.05, 0.1) is 0 Å². The molecule has 0 fully saturated rings. The second kappa shape index (κ2) is 5.28. The van der Waals surface area contributed by atoms with E-state index in [2.05, 4.69) is 67.7 Å². The molecule has 1 nitrogen and oxygen atoms in total. The molecule has 1 aromatic rings. The summed E-state index contributed by atoms with van der Waals surface area (Å²) in [5.74, 6) is 0. The molecule has 0 aromatic heterocycles. The van der Waals surface area contributed by atoms with Gasteiger partial charge in [0, 0.05) is 6.54 Å². The maximum atomic E-state index is 2.46. The van der Waals surface area contributed by atoms with Crippen molar-refractivity contribution in [1.29, 1.82) is 0 Å². The molecule has 0 heterocycles. The lowest BCUT2D eigenvalue weighted by atomic mass is 10.2. The Morgan fingerprint density at radius 2 is 1.73 bits per heavy atom. The summed E-state index contributed by atoms with van der Waals surface area (Å²) < 4.78 is 2.46. The van der Waals surface area contributed by atoms with Gasteiger partial charge in [-0.3, -0.25) is 0 Å². The van der Waals surface area contributed by atoms with E-state index in [1.807, 2.05) is 6.07 Å². The average molecular weight is 219 g/mol. The lowest BCUT2D eigenvalue weighted by molar-refractivity contribution is 0.569. The molecule has 0 saturated heterocycles. The first-order valence-electron chi connectivity index (χ1n) is 5.43. The topological polar surface area (TPSA) is 3.24 Å². The molecule has 1 aromatic carbocycles. The van der Waals surface area contributed by atoms with Gasteiger partial charge in [-0.25, -0.2) is 0 Å². The summed E-state index contributed by atoms with van der Waals surface area (Å²) in [6, 6.07) is 10.4. The van der Waals surface area contributed by atoms with Gasteiger partial charge in [0.25, 0.3) is 0 Å². The molecule has 0 radical (unpaired) electrons. The molecule has 0 unspecified atom stereocenters. The third-order valence-corrected chi connectivity index (χ3v) is 5.11. The van der Waals surface area contributed by atoms with Crippen molar-refractivity contribution in [2.45, 2.75) is 19.6 Å². The third-order valence-electron chi connectivity index (χ3n) is 2.63. The van der Waals surface area contributed by atoms with Crippen molar-refractivity contribution in [3.05, 3.63) is 42.0 Å². The number of benzene rings is 1. The van der Waals surface area contributed by atoms with Gasteiger partial charge in [-0.1, -0.05) is 62.1 Å². The van der Waals surface area contributed by atoms with Crippen molar-refractivity contribution in [2.75, 3.05) is 13.6 Å². The van der Waals surface area contributed by atoms with Crippen LogP contribution in [0.3, 0.4) is 0 Å². The zero-order valence-corrected chi connectivity index (χ0v) is 11.2. The van der Waals surface area contributed by atoms with Crippen molar-refractivity contribution in [3.63, 3.8) is 0 Å². The molecule has 15 heavy (non-hydrogen) atoms. The van der Waals surface area contributed by atoms with E-state index in [4.69, 9.17) is 0 Å². The summed E-state index contributed by atoms with van der Waals surface area (Å²) in [5.41, 5.74) is 1.28. The summed E-state index contributed by atoms with van der Waals surface area (Å²) in [6.07, 6.45) is 4.43. The van der Waals surface area contributed by atoms with Crippen LogP contribution in [0.4, 0.5) is 0 Å². The average Bonchev–Trinajstić information content (AvgIpc) is 2.18. The van der Waals surface area contributed by atoms with Crippen LogP contribution in [0.15, 0.2) is 36.4 Å². The largest absolute Gasteiger partial charge is 0.323 e. The highest BCUT2D eigenvalue weighted by molar-refractivity contribution is 6.73. The monoisotopic (exact) mass is 219 g/mol. The number of hydrogen-bond acceptors (Lipinski definition) is 1. The Morgan fingerprint density at radius 3 is 2.27 bits per heavy atom. The molecule has 0 aliphatic carbocycles. The van der Waals surface area contributed by atoms with E-state index in [0.717, 1.165) is 6.54 Å². The van der Waals surface area contributed by atoms with Crippen LogP contribution in [0, 0.1) is 0 Å². The van der Waals surface area contributed by atoms with Crippen LogP contribution in [0.25, 0.3) is 6.08 Å². The minimum absolute atomic E-state index is 1.05. The second-order valence-corrected chi connectivity index (χ2v) is 9.97. The van der Waals surface area contributed by atoms with Gasteiger partial charge in [0.2, 0.25) is 0 Å². The van der Waals surface area contributed by atoms with Gasteiger partial charge >= 0.3 is 0 Å². The number of rotatable bonds is 4. The van der Waals surface area contributed by atoms with E-state index in [1.54, 1.807) is 0 Å². The first-order valence-corrected chi connectivity index (χ1v) is 8.88. The van der Waals surface area contributed by atoms with Crippen molar-refractivity contribution < 1.29 is 0 Å². The fourth-order valence-corrected chi connectivity index (χ4v) is 1.84. The molecule has 0 aliphatic rings. The lowest BCUT2D eigenvalue weighted by Crippen LogP contribution is -2.42. The predicted octanol–water partition coefficient (Wildman–Crippen LogP) is 3.47. The molecule has 0 amide bonds. The Labute approximate surface area is 94.5 Å². The molecule has 0 atom stereocenters. The smallest absolute Gasteiger partial charge is 0.119 e. The first-order chi connectivity index (χ1) is 7.00. The molecular formula is C13H21NSi. The van der Waals surface area contributed by atoms with Crippen molar-refractivity contribution >= 4 is 14.3 Å². The zero-order chi connectivity index (χ0) is 11.3. The maximum absolute atomic E-state index is 2.46. The van der Waals surface area contributed by atoms with Crippen molar-refractivity contribution in [3.8, 4) is 0 Å². The van der Waals surface area contributed by atoms with Crippen molar-refractivity contribution in [1.82, 2.24) is 4.57 Å². The molecule has 0 spiro atoms. The number of likely N-dealkylation sites (N-methyl/N-ethyl adjacent to an activating group) is 1. The molecule has 0 N–H and O–H groups in total. The molecule has 1 rings (SSSR count). The Morgan fingerprint density at radius 1 is 1.13 bits per heavy atom. The summed E-state index contributed by atoms with van der Waals surface area (Å²) in [6.45, 7) is 8.14. The van der Waals surface area contributed by atoms with Gasteiger partial charge in [0.1, 0.15) is 8.24 Å². The Bertz CT molecular complexity index is 311. The summed E-state index contributed by atoms with van der Waals surface area (Å²) in [5, 5.41) is 0. The zero-order valence-electron chi connectivity index (χ0n) is 10.2. The molecule has 0 saturated carbocycles. The van der Waals surface area contributed by atoms with Crippen LogP contribution in [-0.2, 0) is 0 Å². The van der Waals surface area contributed by atoms with Gasteiger partial charge < -0.3 is 4.57 Å². The maximum Gasteiger partial charge on any atom is 0.119 e. The summed E-state index contributed by atoms with van der Waals surface area (Å²) >= 11 is 0. The van der Waals surface area contributed by atoms with Crippen LogP contribution in [0.5, 0.6) is 0 Å². The summed E-state index contributed by atoms with van der Waals surface area (Å²) in [4.78, 5) is 0. The Hall–Kier alpha value is -0.863. The highest BCUT2D eigenvalue weighted by Crippen LogP contribution is 2.07. The van der Waals surface area contributed by atoms with Gasteiger partial charge in [-0.2, -0.15) is 0 Å². The van der Waals surface area contributed by atoms with Crippen LogP contribution >= 0.6 is 0 Å². The minimum atomic E-state index is -1.12. The molecule has 0 aliphatic heterocycles. The third kappa shape index (κ3) is 4.45. The van der Waals surface area contributed by atoms with Crippen LogP contribution in [-0.4, -0.2) is 26.4 Å². The van der Waals surface area contributed by atoms with Gasteiger partial charge in [-0.15, -0.1) is 0 Å². The van der Waals surface area contributed by atoms with Crippen LogP contribution in [0.2, 0.25) is 19.6 Å². The minimum Gasteiger partial charge on any atom is -0.323 e. The number of hydrogen-bond donors (Lipinski definition) is 0. The second-order valence-electron chi connectivity index (χ2n) is 4.86. The lowest BCUT2D eigenvalue weighted by Gasteiger charge is -2.28. The van der Waals surface area contributed by atoms with Crippen molar-refractivity contribution in [2.24, 2.45) is 0 Å². The summed E-state index contributed by atoms with van der Waals surface area (Å²) in [7, 11) is 1.09. The Balaban J connectivity index is 2.48. The number of nitrogens with zero attached hydrogens (tertiary/aromatic N) is 1. The fourth-order valence-electron chi connectivity index (χ4n) is 1.18. The van der Waals surface area contributed by atoms with Crippen LogP contribution in [0.1, 0.15) is 5.56 Å². The highest BCUT2D eigenvalue weighted by atomic mass is 28.3. The fraction of sp³-hybridized carbons (Fsp3) is 0.385. The van der Waals surface area contributed by atoms with E-state index >= 15 is 0 Å². The van der Waals surface area contributed by atoms with E-state index in [9.17, 15) is 0 Å². The predicted molar refractivity (Wildman–Crippen MR) is 71.5 cm³/mol. The normalized spacial score (nSPS) is 12.6. The van der Waals surface area contributed by atoms with Gasteiger partial charge in [-0.05, 0) is 12.6 Å². The Kier molecular flexibility index (Phi) is 4.30. The first kappa shape index (κ1) is 12.2. The molecular weight excluding hydrogens is 198 g/mol. The van der Waals surface area contributed by atoms with Gasteiger partial charge in [0.15, 0.2) is 0 Å². The van der Waals surface area contributed by atoms with E-state index in [-0.39, 0.29) is 0 Å². The molecule has 82 valence electrons. The quantitative estimate of drug-likeness (QED) is 0.701. The molecule has 2 heteroatoms. The highest BCUT2D eigenvalue weighted by Gasteiger charge is 2.17. The SMILES string of the molecule is CN(CC=Cc1ccccc1)[Si](C)(C)C. The molecule has 0 bridgehead atoms. The van der Waals surface area contributed by atoms with Crippen LogP contribution < -0.4 is 0 Å². The van der Waals surface area contributed by atoms with E-state index in [0.29, 0.717) is 0 Å². The standard InChI is InChI=1S/C13H21NSi/c1-14(15(2,3)4)12-8-11-13-9-6-5-7-10-13/h5-11H,12H2,1-4H3. The van der Waals surface area contributed by atoms with E-state index < -0.39 is 8.24 Å².